The molecule has 1 aliphatic rings. The minimum Gasteiger partial charge on any atom is -0.379 e. The van der Waals surface area contributed by atoms with Crippen molar-refractivity contribution in [1.29, 1.82) is 0 Å². The lowest BCUT2D eigenvalue weighted by atomic mass is 10.2. The van der Waals surface area contributed by atoms with E-state index in [2.05, 4.69) is 25.1 Å². The molecule has 0 spiro atoms. The highest BCUT2D eigenvalue weighted by atomic mass is 16.6. The quantitative estimate of drug-likeness (QED) is 0.811. The molecule has 0 aromatic carbocycles. The standard InChI is InChI=1S/C9H12N6O/c10-8-7(13-16-14-8)9-12-11-5-15(9)6-3-1-2-4-6/h5-6H,1-4H2,(H2,10,14). The van der Waals surface area contributed by atoms with Crippen molar-refractivity contribution < 1.29 is 4.63 Å². The summed E-state index contributed by atoms with van der Waals surface area (Å²) in [5, 5.41) is 15.3. The average Bonchev–Trinajstić information content (AvgIpc) is 2.95. The highest BCUT2D eigenvalue weighted by Crippen LogP contribution is 2.32. The normalized spacial score (nSPS) is 17.0. The Balaban J connectivity index is 2.02. The first-order valence-electron chi connectivity index (χ1n) is 5.34. The number of aromatic nitrogens is 5. The average molecular weight is 220 g/mol. The first kappa shape index (κ1) is 9.32. The van der Waals surface area contributed by atoms with Gasteiger partial charge in [0.2, 0.25) is 0 Å². The molecule has 7 nitrogen and oxygen atoms in total. The Morgan fingerprint density at radius 3 is 2.81 bits per heavy atom. The van der Waals surface area contributed by atoms with Crippen LogP contribution in [0.3, 0.4) is 0 Å². The molecule has 0 unspecified atom stereocenters. The van der Waals surface area contributed by atoms with Crippen molar-refractivity contribution in [1.82, 2.24) is 25.1 Å². The maximum Gasteiger partial charge on any atom is 0.199 e. The molecule has 0 atom stereocenters. The maximum atomic E-state index is 5.65. The van der Waals surface area contributed by atoms with Gasteiger partial charge in [0.05, 0.1) is 0 Å². The molecule has 2 aromatic heterocycles. The summed E-state index contributed by atoms with van der Waals surface area (Å²) in [6.45, 7) is 0. The molecule has 1 saturated carbocycles. The molecule has 0 radical (unpaired) electrons. The Hall–Kier alpha value is -1.92. The third-order valence-electron chi connectivity index (χ3n) is 3.02. The summed E-state index contributed by atoms with van der Waals surface area (Å²) in [5.41, 5.74) is 6.13. The first-order valence-corrected chi connectivity index (χ1v) is 5.34. The van der Waals surface area contributed by atoms with Gasteiger partial charge in [-0.15, -0.1) is 10.2 Å². The second-order valence-corrected chi connectivity index (χ2v) is 4.00. The van der Waals surface area contributed by atoms with Crippen molar-refractivity contribution in [2.45, 2.75) is 31.7 Å². The fourth-order valence-electron chi connectivity index (χ4n) is 2.21. The van der Waals surface area contributed by atoms with Gasteiger partial charge in [0.15, 0.2) is 17.3 Å². The third kappa shape index (κ3) is 1.36. The van der Waals surface area contributed by atoms with E-state index in [0.717, 1.165) is 12.8 Å². The predicted molar refractivity (Wildman–Crippen MR) is 55.2 cm³/mol. The molecule has 2 aromatic rings. The second-order valence-electron chi connectivity index (χ2n) is 4.00. The second kappa shape index (κ2) is 3.58. The van der Waals surface area contributed by atoms with Crippen LogP contribution in [0.4, 0.5) is 5.82 Å². The van der Waals surface area contributed by atoms with E-state index in [9.17, 15) is 0 Å². The molecular formula is C9H12N6O. The van der Waals surface area contributed by atoms with Gasteiger partial charge in [-0.2, -0.15) is 0 Å². The van der Waals surface area contributed by atoms with Crippen molar-refractivity contribution in [3.8, 4) is 11.5 Å². The van der Waals surface area contributed by atoms with Crippen LogP contribution in [0, 0.1) is 0 Å². The highest BCUT2D eigenvalue weighted by Gasteiger charge is 2.23. The Bertz CT molecular complexity index is 484. The summed E-state index contributed by atoms with van der Waals surface area (Å²) >= 11 is 0. The SMILES string of the molecule is Nc1nonc1-c1nncn1C1CCCC1. The molecular weight excluding hydrogens is 208 g/mol. The molecule has 3 rings (SSSR count). The number of nitrogen functional groups attached to an aromatic ring is 1. The van der Waals surface area contributed by atoms with Crippen LogP contribution >= 0.6 is 0 Å². The van der Waals surface area contributed by atoms with Gasteiger partial charge in [0.25, 0.3) is 0 Å². The summed E-state index contributed by atoms with van der Waals surface area (Å²) < 4.78 is 6.60. The summed E-state index contributed by atoms with van der Waals surface area (Å²) in [7, 11) is 0. The molecule has 0 saturated heterocycles. The predicted octanol–water partition coefficient (Wildman–Crippen LogP) is 1.03. The Kier molecular flexibility index (Phi) is 2.09. The Morgan fingerprint density at radius 2 is 2.12 bits per heavy atom. The van der Waals surface area contributed by atoms with Crippen molar-refractivity contribution in [3.63, 3.8) is 0 Å². The van der Waals surface area contributed by atoms with E-state index in [4.69, 9.17) is 5.73 Å². The van der Waals surface area contributed by atoms with E-state index in [1.54, 1.807) is 6.33 Å². The van der Waals surface area contributed by atoms with E-state index in [-0.39, 0.29) is 5.82 Å². The number of nitrogens with zero attached hydrogens (tertiary/aromatic N) is 5. The molecule has 0 amide bonds. The van der Waals surface area contributed by atoms with Crippen LogP contribution in [0.1, 0.15) is 31.7 Å². The minimum atomic E-state index is 0.257. The molecule has 1 aliphatic carbocycles. The molecule has 2 N–H and O–H groups in total. The van der Waals surface area contributed by atoms with Gasteiger partial charge < -0.3 is 10.3 Å². The Labute approximate surface area is 91.6 Å². The summed E-state index contributed by atoms with van der Waals surface area (Å²) in [6.07, 6.45) is 6.51. The molecule has 7 heteroatoms. The zero-order chi connectivity index (χ0) is 11.0. The van der Waals surface area contributed by atoms with Crippen LogP contribution in [0.5, 0.6) is 0 Å². The van der Waals surface area contributed by atoms with Crippen LogP contribution in [-0.2, 0) is 0 Å². The van der Waals surface area contributed by atoms with Gasteiger partial charge in [-0.3, -0.25) is 0 Å². The Morgan fingerprint density at radius 1 is 1.31 bits per heavy atom. The van der Waals surface area contributed by atoms with Crippen LogP contribution in [0.25, 0.3) is 11.5 Å². The molecule has 2 heterocycles. The summed E-state index contributed by atoms with van der Waals surface area (Å²) in [4.78, 5) is 0. The van der Waals surface area contributed by atoms with Gasteiger partial charge in [0, 0.05) is 6.04 Å². The number of anilines is 1. The van der Waals surface area contributed by atoms with E-state index in [1.807, 2.05) is 4.57 Å². The van der Waals surface area contributed by atoms with Crippen LogP contribution in [-0.4, -0.2) is 25.1 Å². The minimum absolute atomic E-state index is 0.257. The number of nitrogens with two attached hydrogens (primary N) is 1. The molecule has 84 valence electrons. The lowest BCUT2D eigenvalue weighted by Gasteiger charge is -2.11. The van der Waals surface area contributed by atoms with Crippen molar-refractivity contribution in [2.75, 3.05) is 5.73 Å². The fourth-order valence-corrected chi connectivity index (χ4v) is 2.21. The van der Waals surface area contributed by atoms with Gasteiger partial charge in [-0.1, -0.05) is 12.8 Å². The van der Waals surface area contributed by atoms with Gasteiger partial charge >= 0.3 is 0 Å². The van der Waals surface area contributed by atoms with Crippen molar-refractivity contribution >= 4 is 5.82 Å². The van der Waals surface area contributed by atoms with Gasteiger partial charge in [-0.25, -0.2) is 4.63 Å². The molecule has 16 heavy (non-hydrogen) atoms. The summed E-state index contributed by atoms with van der Waals surface area (Å²) in [6, 6.07) is 0.445. The summed E-state index contributed by atoms with van der Waals surface area (Å²) in [5.74, 6) is 0.901. The number of rotatable bonds is 2. The number of hydrogen-bond donors (Lipinski definition) is 1. The van der Waals surface area contributed by atoms with E-state index in [1.165, 1.54) is 12.8 Å². The van der Waals surface area contributed by atoms with Crippen LogP contribution < -0.4 is 5.73 Å². The molecule has 0 aliphatic heterocycles. The molecule has 0 bridgehead atoms. The zero-order valence-electron chi connectivity index (χ0n) is 8.70. The fraction of sp³-hybridized carbons (Fsp3) is 0.556. The van der Waals surface area contributed by atoms with E-state index < -0.39 is 0 Å². The smallest absolute Gasteiger partial charge is 0.199 e. The number of hydrogen-bond acceptors (Lipinski definition) is 6. The van der Waals surface area contributed by atoms with Crippen LogP contribution in [0.15, 0.2) is 11.0 Å². The van der Waals surface area contributed by atoms with Gasteiger partial charge in [-0.05, 0) is 23.2 Å². The van der Waals surface area contributed by atoms with E-state index >= 15 is 0 Å². The van der Waals surface area contributed by atoms with Gasteiger partial charge in [0.1, 0.15) is 6.33 Å². The highest BCUT2D eigenvalue weighted by molar-refractivity contribution is 5.62. The van der Waals surface area contributed by atoms with Crippen molar-refractivity contribution in [3.05, 3.63) is 6.33 Å². The first-order chi connectivity index (χ1) is 7.86. The largest absolute Gasteiger partial charge is 0.379 e. The van der Waals surface area contributed by atoms with Crippen LogP contribution in [0.2, 0.25) is 0 Å². The third-order valence-corrected chi connectivity index (χ3v) is 3.02. The molecule has 1 fully saturated rings. The lowest BCUT2D eigenvalue weighted by Crippen LogP contribution is -2.06. The maximum absolute atomic E-state index is 5.65. The van der Waals surface area contributed by atoms with Crippen molar-refractivity contribution in [2.24, 2.45) is 0 Å². The topological polar surface area (TPSA) is 95.7 Å². The monoisotopic (exact) mass is 220 g/mol. The lowest BCUT2D eigenvalue weighted by molar-refractivity contribution is 0.310. The zero-order valence-corrected chi connectivity index (χ0v) is 8.70. The van der Waals surface area contributed by atoms with E-state index in [0.29, 0.717) is 17.6 Å².